The largest absolute Gasteiger partial charge is 0.330 e. The molecule has 1 fully saturated rings. The molecule has 1 aliphatic rings. The molecule has 1 heterocycles. The van der Waals surface area contributed by atoms with Gasteiger partial charge in [0.25, 0.3) is 0 Å². The molecule has 0 aromatic heterocycles. The van der Waals surface area contributed by atoms with Crippen molar-refractivity contribution in [3.63, 3.8) is 0 Å². The SMILES string of the molecule is CCCN1CC[C@@H](Cc2ccc(F)cc2)C[C@@H]1CCCN. The number of hydrogen-bond donors (Lipinski definition) is 1. The summed E-state index contributed by atoms with van der Waals surface area (Å²) in [6, 6.07) is 7.71. The Bertz CT molecular complexity index is 404. The molecule has 0 bridgehead atoms. The predicted molar refractivity (Wildman–Crippen MR) is 86.8 cm³/mol. The van der Waals surface area contributed by atoms with Gasteiger partial charge in [-0.05, 0) is 81.8 Å². The molecule has 2 N–H and O–H groups in total. The van der Waals surface area contributed by atoms with E-state index >= 15 is 0 Å². The van der Waals surface area contributed by atoms with Crippen LogP contribution in [0.2, 0.25) is 0 Å². The van der Waals surface area contributed by atoms with E-state index in [0.717, 1.165) is 25.3 Å². The highest BCUT2D eigenvalue weighted by Crippen LogP contribution is 2.28. The maximum atomic E-state index is 13.0. The topological polar surface area (TPSA) is 29.3 Å². The van der Waals surface area contributed by atoms with E-state index in [1.165, 1.54) is 44.3 Å². The minimum absolute atomic E-state index is 0.141. The zero-order valence-electron chi connectivity index (χ0n) is 13.2. The van der Waals surface area contributed by atoms with Gasteiger partial charge in [0, 0.05) is 6.04 Å². The smallest absolute Gasteiger partial charge is 0.123 e. The Morgan fingerprint density at radius 3 is 2.71 bits per heavy atom. The lowest BCUT2D eigenvalue weighted by Crippen LogP contribution is -2.43. The monoisotopic (exact) mass is 292 g/mol. The first-order valence-corrected chi connectivity index (χ1v) is 8.41. The van der Waals surface area contributed by atoms with E-state index in [-0.39, 0.29) is 5.82 Å². The molecular weight excluding hydrogens is 263 g/mol. The van der Waals surface area contributed by atoms with E-state index in [9.17, 15) is 4.39 Å². The molecular formula is C18H29FN2. The Balaban J connectivity index is 1.91. The fourth-order valence-corrected chi connectivity index (χ4v) is 3.56. The maximum absolute atomic E-state index is 13.0. The molecule has 3 heteroatoms. The Morgan fingerprint density at radius 1 is 1.29 bits per heavy atom. The fourth-order valence-electron chi connectivity index (χ4n) is 3.56. The average Bonchev–Trinajstić information content (AvgIpc) is 2.50. The highest BCUT2D eigenvalue weighted by Gasteiger charge is 2.27. The second kappa shape index (κ2) is 8.50. The van der Waals surface area contributed by atoms with Gasteiger partial charge in [0.05, 0.1) is 0 Å². The zero-order chi connectivity index (χ0) is 15.1. The number of halogens is 1. The number of piperidine rings is 1. The first kappa shape index (κ1) is 16.4. The van der Waals surface area contributed by atoms with Gasteiger partial charge in [-0.1, -0.05) is 19.1 Å². The number of nitrogens with zero attached hydrogens (tertiary/aromatic N) is 1. The van der Waals surface area contributed by atoms with Crippen LogP contribution in [0.5, 0.6) is 0 Å². The lowest BCUT2D eigenvalue weighted by molar-refractivity contribution is 0.104. The summed E-state index contributed by atoms with van der Waals surface area (Å²) in [6.45, 7) is 5.46. The molecule has 21 heavy (non-hydrogen) atoms. The van der Waals surface area contributed by atoms with E-state index in [2.05, 4.69) is 11.8 Å². The fraction of sp³-hybridized carbons (Fsp3) is 0.667. The van der Waals surface area contributed by atoms with Crippen molar-refractivity contribution in [2.45, 2.75) is 51.5 Å². The highest BCUT2D eigenvalue weighted by molar-refractivity contribution is 5.16. The second-order valence-corrected chi connectivity index (χ2v) is 6.34. The van der Waals surface area contributed by atoms with Gasteiger partial charge < -0.3 is 10.6 Å². The van der Waals surface area contributed by atoms with Crippen LogP contribution >= 0.6 is 0 Å². The van der Waals surface area contributed by atoms with Gasteiger partial charge in [0.15, 0.2) is 0 Å². The molecule has 0 amide bonds. The zero-order valence-corrected chi connectivity index (χ0v) is 13.2. The first-order chi connectivity index (χ1) is 10.2. The Morgan fingerprint density at radius 2 is 2.05 bits per heavy atom. The van der Waals surface area contributed by atoms with Crippen molar-refractivity contribution in [3.8, 4) is 0 Å². The van der Waals surface area contributed by atoms with Crippen LogP contribution in [0, 0.1) is 11.7 Å². The summed E-state index contributed by atoms with van der Waals surface area (Å²) in [6.07, 6.45) is 7.17. The first-order valence-electron chi connectivity index (χ1n) is 8.41. The van der Waals surface area contributed by atoms with Crippen molar-refractivity contribution in [2.24, 2.45) is 11.7 Å². The van der Waals surface area contributed by atoms with Crippen molar-refractivity contribution in [1.29, 1.82) is 0 Å². The van der Waals surface area contributed by atoms with Crippen LogP contribution in [-0.2, 0) is 6.42 Å². The van der Waals surface area contributed by atoms with Gasteiger partial charge in [-0.2, -0.15) is 0 Å². The molecule has 0 unspecified atom stereocenters. The molecule has 2 nitrogen and oxygen atoms in total. The molecule has 0 saturated carbocycles. The van der Waals surface area contributed by atoms with Gasteiger partial charge in [-0.15, -0.1) is 0 Å². The number of benzene rings is 1. The van der Waals surface area contributed by atoms with Crippen LogP contribution in [0.3, 0.4) is 0 Å². The summed E-state index contributed by atoms with van der Waals surface area (Å²) in [5.74, 6) is 0.587. The maximum Gasteiger partial charge on any atom is 0.123 e. The number of rotatable bonds is 7. The second-order valence-electron chi connectivity index (χ2n) is 6.34. The summed E-state index contributed by atoms with van der Waals surface area (Å²) >= 11 is 0. The van der Waals surface area contributed by atoms with E-state index in [1.807, 2.05) is 12.1 Å². The quantitative estimate of drug-likeness (QED) is 0.832. The molecule has 1 aromatic carbocycles. The summed E-state index contributed by atoms with van der Waals surface area (Å²) in [7, 11) is 0. The lowest BCUT2D eigenvalue weighted by atomic mass is 9.84. The third-order valence-electron chi connectivity index (χ3n) is 4.64. The number of nitrogens with two attached hydrogens (primary N) is 1. The minimum atomic E-state index is -0.141. The van der Waals surface area contributed by atoms with Crippen LogP contribution in [0.1, 0.15) is 44.6 Å². The predicted octanol–water partition coefficient (Wildman–Crippen LogP) is 3.60. The molecule has 0 radical (unpaired) electrons. The number of likely N-dealkylation sites (tertiary alicyclic amines) is 1. The summed E-state index contributed by atoms with van der Waals surface area (Å²) in [5.41, 5.74) is 6.95. The Hall–Kier alpha value is -0.930. The third-order valence-corrected chi connectivity index (χ3v) is 4.64. The van der Waals surface area contributed by atoms with E-state index in [1.54, 1.807) is 12.1 Å². The average molecular weight is 292 g/mol. The van der Waals surface area contributed by atoms with Crippen LogP contribution in [0.15, 0.2) is 24.3 Å². The van der Waals surface area contributed by atoms with Gasteiger partial charge in [0.2, 0.25) is 0 Å². The Kier molecular flexibility index (Phi) is 6.65. The van der Waals surface area contributed by atoms with Crippen molar-refractivity contribution in [3.05, 3.63) is 35.6 Å². The van der Waals surface area contributed by atoms with Crippen LogP contribution < -0.4 is 5.73 Å². The van der Waals surface area contributed by atoms with Gasteiger partial charge in [-0.3, -0.25) is 0 Å². The normalized spacial score (nSPS) is 23.4. The van der Waals surface area contributed by atoms with Crippen LogP contribution in [0.25, 0.3) is 0 Å². The summed E-state index contributed by atoms with van der Waals surface area (Å²) < 4.78 is 13.0. The summed E-state index contributed by atoms with van der Waals surface area (Å²) in [5, 5.41) is 0. The Labute approximate surface area is 128 Å². The molecule has 1 aromatic rings. The van der Waals surface area contributed by atoms with Crippen molar-refractivity contribution in [2.75, 3.05) is 19.6 Å². The van der Waals surface area contributed by atoms with E-state index < -0.39 is 0 Å². The number of hydrogen-bond acceptors (Lipinski definition) is 2. The van der Waals surface area contributed by atoms with Crippen molar-refractivity contribution < 1.29 is 4.39 Å². The highest BCUT2D eigenvalue weighted by atomic mass is 19.1. The minimum Gasteiger partial charge on any atom is -0.330 e. The molecule has 118 valence electrons. The van der Waals surface area contributed by atoms with Gasteiger partial charge in [0.1, 0.15) is 5.82 Å². The van der Waals surface area contributed by atoms with E-state index in [4.69, 9.17) is 5.73 Å². The van der Waals surface area contributed by atoms with Crippen LogP contribution in [0.4, 0.5) is 4.39 Å². The van der Waals surface area contributed by atoms with E-state index in [0.29, 0.717) is 6.04 Å². The molecule has 0 spiro atoms. The molecule has 1 aliphatic heterocycles. The van der Waals surface area contributed by atoms with Crippen molar-refractivity contribution in [1.82, 2.24) is 4.90 Å². The van der Waals surface area contributed by atoms with Crippen LogP contribution in [-0.4, -0.2) is 30.6 Å². The van der Waals surface area contributed by atoms with Gasteiger partial charge in [-0.25, -0.2) is 4.39 Å². The van der Waals surface area contributed by atoms with Crippen molar-refractivity contribution >= 4 is 0 Å². The summed E-state index contributed by atoms with van der Waals surface area (Å²) in [4.78, 5) is 2.65. The molecule has 2 rings (SSSR count). The van der Waals surface area contributed by atoms with Gasteiger partial charge >= 0.3 is 0 Å². The third kappa shape index (κ3) is 5.08. The molecule has 0 aliphatic carbocycles. The lowest BCUT2D eigenvalue weighted by Gasteiger charge is -2.39. The molecule has 1 saturated heterocycles. The standard InChI is InChI=1S/C18H29FN2/c1-2-11-21-12-9-16(14-18(21)4-3-10-20)13-15-5-7-17(19)8-6-15/h5-8,16,18H,2-4,9-14,20H2,1H3/t16-,18-/m0/s1. The molecule has 2 atom stereocenters.